The molecule has 0 fully saturated rings. The molecule has 80 valence electrons. The van der Waals surface area contributed by atoms with Gasteiger partial charge in [0, 0.05) is 10.3 Å². The van der Waals surface area contributed by atoms with Gasteiger partial charge >= 0.3 is 0 Å². The average Bonchev–Trinajstić information content (AvgIpc) is 2.47. The number of thiophene rings is 1. The number of hydrogen-bond acceptors (Lipinski definition) is 1. The Morgan fingerprint density at radius 1 is 1.43 bits per heavy atom. The SMILES string of the molecule is CC(C)CC(Cl)CCc1ccc(Br)s1. The molecule has 3 heteroatoms. The maximum atomic E-state index is 6.23. The van der Waals surface area contributed by atoms with Crippen molar-refractivity contribution < 1.29 is 0 Å². The molecule has 0 N–H and O–H groups in total. The quantitative estimate of drug-likeness (QED) is 0.663. The Hall–Kier alpha value is 0.470. The average molecular weight is 296 g/mol. The fourth-order valence-electron chi connectivity index (χ4n) is 1.41. The first-order valence-electron chi connectivity index (χ1n) is 4.96. The first-order chi connectivity index (χ1) is 6.58. The highest BCUT2D eigenvalue weighted by Crippen LogP contribution is 2.25. The van der Waals surface area contributed by atoms with Crippen LogP contribution in [0.3, 0.4) is 0 Å². The van der Waals surface area contributed by atoms with Crippen LogP contribution in [0.15, 0.2) is 15.9 Å². The van der Waals surface area contributed by atoms with Crippen LogP contribution in [0.1, 0.15) is 31.6 Å². The number of hydrogen-bond donors (Lipinski definition) is 0. The lowest BCUT2D eigenvalue weighted by atomic mass is 10.0. The molecule has 1 unspecified atom stereocenters. The van der Waals surface area contributed by atoms with Crippen LogP contribution in [0, 0.1) is 5.92 Å². The second kappa shape index (κ2) is 6.14. The lowest BCUT2D eigenvalue weighted by Crippen LogP contribution is -2.04. The highest BCUT2D eigenvalue weighted by Gasteiger charge is 2.08. The molecule has 1 aromatic rings. The van der Waals surface area contributed by atoms with E-state index in [1.165, 1.54) is 8.66 Å². The van der Waals surface area contributed by atoms with Crippen molar-refractivity contribution in [1.29, 1.82) is 0 Å². The predicted molar refractivity (Wildman–Crippen MR) is 69.4 cm³/mol. The van der Waals surface area contributed by atoms with Crippen LogP contribution in [0.5, 0.6) is 0 Å². The minimum atomic E-state index is 0.330. The Bertz CT molecular complexity index is 270. The van der Waals surface area contributed by atoms with E-state index < -0.39 is 0 Å². The molecule has 1 heterocycles. The van der Waals surface area contributed by atoms with E-state index in [0.29, 0.717) is 11.3 Å². The van der Waals surface area contributed by atoms with Gasteiger partial charge in [0.25, 0.3) is 0 Å². The van der Waals surface area contributed by atoms with Crippen molar-refractivity contribution in [2.24, 2.45) is 5.92 Å². The zero-order valence-electron chi connectivity index (χ0n) is 8.59. The van der Waals surface area contributed by atoms with Crippen molar-refractivity contribution in [3.8, 4) is 0 Å². The van der Waals surface area contributed by atoms with Gasteiger partial charge in [-0.05, 0) is 53.2 Å². The normalized spacial score (nSPS) is 13.5. The molecule has 0 spiro atoms. The van der Waals surface area contributed by atoms with Crippen LogP contribution in [-0.4, -0.2) is 5.38 Å². The molecule has 0 aliphatic carbocycles. The molecule has 0 amide bonds. The summed E-state index contributed by atoms with van der Waals surface area (Å²) < 4.78 is 1.21. The van der Waals surface area contributed by atoms with E-state index in [0.717, 1.165) is 19.3 Å². The molecule has 1 atom stereocenters. The highest BCUT2D eigenvalue weighted by atomic mass is 79.9. The monoisotopic (exact) mass is 294 g/mol. The summed E-state index contributed by atoms with van der Waals surface area (Å²) in [6.07, 6.45) is 3.32. The van der Waals surface area contributed by atoms with Crippen LogP contribution in [0.25, 0.3) is 0 Å². The van der Waals surface area contributed by atoms with Crippen LogP contribution >= 0.6 is 38.9 Å². The molecule has 1 aromatic heterocycles. The summed E-state index contributed by atoms with van der Waals surface area (Å²) in [5, 5.41) is 0.330. The molecule has 0 nitrogen and oxygen atoms in total. The molecule has 0 saturated heterocycles. The summed E-state index contributed by atoms with van der Waals surface area (Å²) in [7, 11) is 0. The van der Waals surface area contributed by atoms with Gasteiger partial charge in [0.15, 0.2) is 0 Å². The van der Waals surface area contributed by atoms with E-state index in [4.69, 9.17) is 11.6 Å². The Labute approximate surface area is 104 Å². The van der Waals surface area contributed by atoms with Gasteiger partial charge in [0.1, 0.15) is 0 Å². The van der Waals surface area contributed by atoms with Crippen molar-refractivity contribution in [2.45, 2.75) is 38.5 Å². The van der Waals surface area contributed by atoms with Gasteiger partial charge in [-0.2, -0.15) is 0 Å². The molecular formula is C11H16BrClS. The standard InChI is InChI=1S/C11H16BrClS/c1-8(2)7-9(13)3-4-10-5-6-11(12)14-10/h5-6,8-9H,3-4,7H2,1-2H3. The minimum Gasteiger partial charge on any atom is -0.133 e. The second-order valence-corrected chi connectivity index (χ2v) is 7.14. The van der Waals surface area contributed by atoms with Crippen molar-refractivity contribution in [1.82, 2.24) is 0 Å². The van der Waals surface area contributed by atoms with Crippen molar-refractivity contribution in [3.63, 3.8) is 0 Å². The molecule has 0 radical (unpaired) electrons. The third-order valence-corrected chi connectivity index (χ3v) is 4.14. The van der Waals surface area contributed by atoms with Crippen molar-refractivity contribution >= 4 is 38.9 Å². The van der Waals surface area contributed by atoms with Gasteiger partial charge in [0.05, 0.1) is 3.79 Å². The van der Waals surface area contributed by atoms with Crippen LogP contribution < -0.4 is 0 Å². The Morgan fingerprint density at radius 2 is 2.14 bits per heavy atom. The number of alkyl halides is 1. The van der Waals surface area contributed by atoms with Gasteiger partial charge in [-0.25, -0.2) is 0 Å². The van der Waals surface area contributed by atoms with Gasteiger partial charge < -0.3 is 0 Å². The topological polar surface area (TPSA) is 0 Å². The van der Waals surface area contributed by atoms with E-state index in [1.54, 1.807) is 11.3 Å². The molecule has 0 saturated carbocycles. The summed E-state index contributed by atoms with van der Waals surface area (Å²) in [5.41, 5.74) is 0. The Morgan fingerprint density at radius 3 is 2.64 bits per heavy atom. The van der Waals surface area contributed by atoms with E-state index >= 15 is 0 Å². The predicted octanol–water partition coefficient (Wildman–Crippen LogP) is 5.10. The zero-order chi connectivity index (χ0) is 10.6. The fraction of sp³-hybridized carbons (Fsp3) is 0.636. The van der Waals surface area contributed by atoms with Gasteiger partial charge in [-0.1, -0.05) is 13.8 Å². The molecular weight excluding hydrogens is 280 g/mol. The summed E-state index contributed by atoms with van der Waals surface area (Å²) in [5.74, 6) is 0.701. The van der Waals surface area contributed by atoms with E-state index in [2.05, 4.69) is 41.9 Å². The maximum absolute atomic E-state index is 6.23. The van der Waals surface area contributed by atoms with Gasteiger partial charge in [-0.3, -0.25) is 0 Å². The molecule has 1 rings (SSSR count). The molecule has 0 bridgehead atoms. The maximum Gasteiger partial charge on any atom is 0.0701 e. The van der Waals surface area contributed by atoms with E-state index in [1.807, 2.05) is 0 Å². The molecule has 0 aliphatic rings. The minimum absolute atomic E-state index is 0.330. The summed E-state index contributed by atoms with van der Waals surface area (Å²) in [6.45, 7) is 4.44. The number of aryl methyl sites for hydroxylation is 1. The third kappa shape index (κ3) is 4.81. The Kier molecular flexibility index (Phi) is 5.50. The molecule has 14 heavy (non-hydrogen) atoms. The van der Waals surface area contributed by atoms with Crippen LogP contribution in [0.2, 0.25) is 0 Å². The number of halogens is 2. The van der Waals surface area contributed by atoms with E-state index in [9.17, 15) is 0 Å². The van der Waals surface area contributed by atoms with Crippen molar-refractivity contribution in [3.05, 3.63) is 20.8 Å². The summed E-state index contributed by atoms with van der Waals surface area (Å²) in [6, 6.07) is 4.28. The largest absolute Gasteiger partial charge is 0.133 e. The third-order valence-electron chi connectivity index (χ3n) is 2.06. The van der Waals surface area contributed by atoms with Gasteiger partial charge in [0.2, 0.25) is 0 Å². The summed E-state index contributed by atoms with van der Waals surface area (Å²) in [4.78, 5) is 1.42. The Balaban J connectivity index is 2.26. The fourth-order valence-corrected chi connectivity index (χ4v) is 3.38. The lowest BCUT2D eigenvalue weighted by Gasteiger charge is -2.10. The lowest BCUT2D eigenvalue weighted by molar-refractivity contribution is 0.545. The highest BCUT2D eigenvalue weighted by molar-refractivity contribution is 9.11. The van der Waals surface area contributed by atoms with E-state index in [-0.39, 0.29) is 0 Å². The first kappa shape index (κ1) is 12.5. The second-order valence-electron chi connectivity index (χ2n) is 3.97. The van der Waals surface area contributed by atoms with Crippen LogP contribution in [0.4, 0.5) is 0 Å². The zero-order valence-corrected chi connectivity index (χ0v) is 11.8. The van der Waals surface area contributed by atoms with Crippen LogP contribution in [-0.2, 0) is 6.42 Å². The van der Waals surface area contributed by atoms with Gasteiger partial charge in [-0.15, -0.1) is 22.9 Å². The molecule has 0 aliphatic heterocycles. The molecule has 0 aromatic carbocycles. The first-order valence-corrected chi connectivity index (χ1v) is 7.01. The smallest absolute Gasteiger partial charge is 0.0701 e. The number of rotatable bonds is 5. The van der Waals surface area contributed by atoms with Crippen molar-refractivity contribution in [2.75, 3.05) is 0 Å². The summed E-state index contributed by atoms with van der Waals surface area (Å²) >= 11 is 11.5.